The van der Waals surface area contributed by atoms with Gasteiger partial charge in [0, 0.05) is 12.4 Å². The second-order valence-electron chi connectivity index (χ2n) is 3.51. The van der Waals surface area contributed by atoms with E-state index in [0.29, 0.717) is 5.75 Å². The first-order valence-corrected chi connectivity index (χ1v) is 5.21. The summed E-state index contributed by atoms with van der Waals surface area (Å²) in [6.07, 6.45) is 5.12. The Kier molecular flexibility index (Phi) is 3.64. The van der Waals surface area contributed by atoms with Crippen molar-refractivity contribution in [1.29, 1.82) is 0 Å². The number of nitrogens with one attached hydrogen (secondary N) is 1. The summed E-state index contributed by atoms with van der Waals surface area (Å²) in [7, 11) is 1.60. The quantitative estimate of drug-likeness (QED) is 0.606. The van der Waals surface area contributed by atoms with E-state index in [2.05, 4.69) is 15.4 Å². The van der Waals surface area contributed by atoms with Crippen LogP contribution in [0.5, 0.6) is 5.75 Å². The molecule has 2 rings (SSSR count). The minimum atomic E-state index is -0.196. The number of ether oxygens (including phenoxy) is 1. The standard InChI is InChI=1S/C12H14N4O/c1-17-10-6-9(7-14-8-10)12(16-13)11-4-2-3-5-15-11/h2-8,12,16H,13H2,1H3. The average molecular weight is 230 g/mol. The second kappa shape index (κ2) is 5.38. The molecule has 0 spiro atoms. The minimum Gasteiger partial charge on any atom is -0.495 e. The van der Waals surface area contributed by atoms with Gasteiger partial charge in [0.25, 0.3) is 0 Å². The Hall–Kier alpha value is -1.98. The number of aromatic nitrogens is 2. The number of rotatable bonds is 4. The smallest absolute Gasteiger partial charge is 0.137 e. The molecular weight excluding hydrogens is 216 g/mol. The first kappa shape index (κ1) is 11.5. The SMILES string of the molecule is COc1cncc(C(NN)c2ccccn2)c1. The van der Waals surface area contributed by atoms with Gasteiger partial charge in [0.05, 0.1) is 25.0 Å². The second-order valence-corrected chi connectivity index (χ2v) is 3.51. The molecule has 0 saturated heterocycles. The normalized spacial score (nSPS) is 12.1. The van der Waals surface area contributed by atoms with Crippen molar-refractivity contribution in [3.8, 4) is 5.75 Å². The van der Waals surface area contributed by atoms with Crippen molar-refractivity contribution < 1.29 is 4.74 Å². The molecule has 3 N–H and O–H groups in total. The maximum absolute atomic E-state index is 5.57. The fourth-order valence-electron chi connectivity index (χ4n) is 1.60. The largest absolute Gasteiger partial charge is 0.495 e. The lowest BCUT2D eigenvalue weighted by Crippen LogP contribution is -2.29. The minimum absolute atomic E-state index is 0.196. The molecule has 0 aliphatic heterocycles. The molecule has 1 atom stereocenters. The van der Waals surface area contributed by atoms with Crippen LogP contribution in [0.15, 0.2) is 42.9 Å². The third-order valence-corrected chi connectivity index (χ3v) is 2.45. The van der Waals surface area contributed by atoms with Gasteiger partial charge in [-0.25, -0.2) is 5.43 Å². The Bertz CT molecular complexity index is 475. The molecule has 0 fully saturated rings. The lowest BCUT2D eigenvalue weighted by Gasteiger charge is -2.15. The van der Waals surface area contributed by atoms with Crippen molar-refractivity contribution >= 4 is 0 Å². The number of hydrogen-bond acceptors (Lipinski definition) is 5. The molecule has 2 aromatic rings. The Morgan fingerprint density at radius 2 is 2.24 bits per heavy atom. The molecule has 1 unspecified atom stereocenters. The highest BCUT2D eigenvalue weighted by Crippen LogP contribution is 2.21. The van der Waals surface area contributed by atoms with Gasteiger partial charge in [0.2, 0.25) is 0 Å². The molecule has 0 bridgehead atoms. The third-order valence-electron chi connectivity index (χ3n) is 2.45. The van der Waals surface area contributed by atoms with E-state index in [1.165, 1.54) is 0 Å². The van der Waals surface area contributed by atoms with E-state index >= 15 is 0 Å². The van der Waals surface area contributed by atoms with E-state index in [9.17, 15) is 0 Å². The molecule has 5 nitrogen and oxygen atoms in total. The number of hydrogen-bond donors (Lipinski definition) is 2. The molecule has 88 valence electrons. The lowest BCUT2D eigenvalue weighted by atomic mass is 10.1. The first-order chi connectivity index (χ1) is 8.35. The van der Waals surface area contributed by atoms with Gasteiger partial charge in [-0.1, -0.05) is 6.07 Å². The topological polar surface area (TPSA) is 73.1 Å². The van der Waals surface area contributed by atoms with E-state index in [1.807, 2.05) is 24.3 Å². The summed E-state index contributed by atoms with van der Waals surface area (Å²) < 4.78 is 5.13. The van der Waals surface area contributed by atoms with Gasteiger partial charge in [-0.15, -0.1) is 0 Å². The summed E-state index contributed by atoms with van der Waals surface area (Å²) in [6, 6.07) is 7.37. The predicted octanol–water partition coefficient (Wildman–Crippen LogP) is 1.04. The molecular formula is C12H14N4O. The molecule has 0 aromatic carbocycles. The number of pyridine rings is 2. The Labute approximate surface area is 99.6 Å². The molecule has 0 aliphatic rings. The van der Waals surface area contributed by atoms with Crippen LogP contribution < -0.4 is 16.0 Å². The molecule has 2 heterocycles. The summed E-state index contributed by atoms with van der Waals surface area (Å²) in [5, 5.41) is 0. The van der Waals surface area contributed by atoms with Gasteiger partial charge in [-0.3, -0.25) is 15.8 Å². The highest BCUT2D eigenvalue weighted by Gasteiger charge is 2.14. The van der Waals surface area contributed by atoms with Gasteiger partial charge in [0.1, 0.15) is 5.75 Å². The number of hydrazine groups is 1. The van der Waals surface area contributed by atoms with Crippen LogP contribution in [0.4, 0.5) is 0 Å². The lowest BCUT2D eigenvalue weighted by molar-refractivity contribution is 0.411. The molecule has 0 radical (unpaired) electrons. The fraction of sp³-hybridized carbons (Fsp3) is 0.167. The Morgan fingerprint density at radius 1 is 1.35 bits per heavy atom. The monoisotopic (exact) mass is 230 g/mol. The molecule has 0 aliphatic carbocycles. The molecule has 5 heteroatoms. The number of nitrogens with zero attached hydrogens (tertiary/aromatic N) is 2. The zero-order chi connectivity index (χ0) is 12.1. The van der Waals surface area contributed by atoms with E-state index in [1.54, 1.807) is 25.7 Å². The summed E-state index contributed by atoms with van der Waals surface area (Å²) >= 11 is 0. The maximum atomic E-state index is 5.57. The average Bonchev–Trinajstić information content (AvgIpc) is 2.41. The predicted molar refractivity (Wildman–Crippen MR) is 64.2 cm³/mol. The van der Waals surface area contributed by atoms with Gasteiger partial charge >= 0.3 is 0 Å². The van der Waals surface area contributed by atoms with Crippen molar-refractivity contribution in [3.63, 3.8) is 0 Å². The van der Waals surface area contributed by atoms with Gasteiger partial charge in [-0.05, 0) is 23.8 Å². The van der Waals surface area contributed by atoms with Crippen LogP contribution in [0, 0.1) is 0 Å². The van der Waals surface area contributed by atoms with Crippen molar-refractivity contribution in [3.05, 3.63) is 54.1 Å². The van der Waals surface area contributed by atoms with Crippen molar-refractivity contribution in [2.45, 2.75) is 6.04 Å². The van der Waals surface area contributed by atoms with Crippen LogP contribution >= 0.6 is 0 Å². The van der Waals surface area contributed by atoms with Gasteiger partial charge in [-0.2, -0.15) is 0 Å². The highest BCUT2D eigenvalue weighted by atomic mass is 16.5. The van der Waals surface area contributed by atoms with Gasteiger partial charge < -0.3 is 4.74 Å². The van der Waals surface area contributed by atoms with E-state index in [4.69, 9.17) is 10.6 Å². The molecule has 17 heavy (non-hydrogen) atoms. The van der Waals surface area contributed by atoms with E-state index in [0.717, 1.165) is 11.3 Å². The van der Waals surface area contributed by atoms with Crippen molar-refractivity contribution in [2.75, 3.05) is 7.11 Å². The number of nitrogens with two attached hydrogens (primary N) is 1. The highest BCUT2D eigenvalue weighted by molar-refractivity contribution is 5.30. The Morgan fingerprint density at radius 3 is 2.88 bits per heavy atom. The zero-order valence-corrected chi connectivity index (χ0v) is 9.50. The summed E-state index contributed by atoms with van der Waals surface area (Å²) in [6.45, 7) is 0. The zero-order valence-electron chi connectivity index (χ0n) is 9.50. The Balaban J connectivity index is 2.35. The van der Waals surface area contributed by atoms with Gasteiger partial charge in [0.15, 0.2) is 0 Å². The summed E-state index contributed by atoms with van der Waals surface area (Å²) in [5.41, 5.74) is 4.47. The van der Waals surface area contributed by atoms with Crippen molar-refractivity contribution in [1.82, 2.24) is 15.4 Å². The number of methoxy groups -OCH3 is 1. The van der Waals surface area contributed by atoms with E-state index < -0.39 is 0 Å². The first-order valence-electron chi connectivity index (χ1n) is 5.21. The molecule has 0 amide bonds. The molecule has 0 saturated carbocycles. The van der Waals surface area contributed by atoms with Crippen molar-refractivity contribution in [2.24, 2.45) is 5.84 Å². The third kappa shape index (κ3) is 2.58. The van der Waals surface area contributed by atoms with Crippen LogP contribution in [0.1, 0.15) is 17.3 Å². The van der Waals surface area contributed by atoms with Crippen LogP contribution in [-0.2, 0) is 0 Å². The van der Waals surface area contributed by atoms with Crippen LogP contribution in [-0.4, -0.2) is 17.1 Å². The molecule has 2 aromatic heterocycles. The summed E-state index contributed by atoms with van der Waals surface area (Å²) in [5.74, 6) is 6.26. The summed E-state index contributed by atoms with van der Waals surface area (Å²) in [4.78, 5) is 8.37. The maximum Gasteiger partial charge on any atom is 0.137 e. The van der Waals surface area contributed by atoms with Crippen LogP contribution in [0.2, 0.25) is 0 Å². The fourth-order valence-corrected chi connectivity index (χ4v) is 1.60. The van der Waals surface area contributed by atoms with Crippen LogP contribution in [0.25, 0.3) is 0 Å². The van der Waals surface area contributed by atoms with E-state index in [-0.39, 0.29) is 6.04 Å². The van der Waals surface area contributed by atoms with Crippen LogP contribution in [0.3, 0.4) is 0 Å².